The van der Waals surface area contributed by atoms with E-state index in [0.29, 0.717) is 17.7 Å². The Labute approximate surface area is 151 Å². The summed E-state index contributed by atoms with van der Waals surface area (Å²) in [5.74, 6) is 2.65. The molecule has 1 aromatic rings. The zero-order chi connectivity index (χ0) is 17.1. The number of piperidine rings is 1. The molecule has 2 fully saturated rings. The first-order chi connectivity index (χ1) is 12.3. The maximum absolute atomic E-state index is 12.6. The van der Waals surface area contributed by atoms with Gasteiger partial charge in [-0.05, 0) is 57.3 Å². The zero-order valence-corrected chi connectivity index (χ0v) is 15.5. The lowest BCUT2D eigenvalue weighted by atomic mass is 9.86. The molecule has 2 heterocycles. The van der Waals surface area contributed by atoms with Gasteiger partial charge in [-0.1, -0.05) is 30.8 Å². The maximum atomic E-state index is 12.6. The third-order valence-corrected chi connectivity index (χ3v) is 6.65. The summed E-state index contributed by atoms with van der Waals surface area (Å²) in [6.07, 6.45) is 15.4. The number of fused-ring (bicyclic) bond motifs is 1. The summed E-state index contributed by atoms with van der Waals surface area (Å²) in [5.41, 5.74) is 2.62. The van der Waals surface area contributed by atoms with E-state index in [0.717, 1.165) is 51.0 Å². The monoisotopic (exact) mass is 344 g/mol. The Morgan fingerprint density at radius 3 is 2.48 bits per heavy atom. The molecule has 0 N–H and O–H groups in total. The van der Waals surface area contributed by atoms with Gasteiger partial charge in [-0.15, -0.1) is 0 Å². The van der Waals surface area contributed by atoms with Gasteiger partial charge in [-0.2, -0.15) is 0 Å². The van der Waals surface area contributed by atoms with Crippen molar-refractivity contribution < 1.29 is 9.32 Å². The molecule has 138 valence electrons. The van der Waals surface area contributed by atoms with Crippen molar-refractivity contribution in [2.24, 2.45) is 5.92 Å². The standard InChI is InChI=1S/C21H32N2O2/c24-20(15-16-7-3-1-4-8-16)23-13-11-17(12-14-23)21-18-9-5-2-6-10-19(18)22-25-21/h16-17H,1-15H2. The lowest BCUT2D eigenvalue weighted by molar-refractivity contribution is -0.133. The highest BCUT2D eigenvalue weighted by atomic mass is 16.5. The van der Waals surface area contributed by atoms with Gasteiger partial charge in [0.15, 0.2) is 0 Å². The molecule has 3 aliphatic rings. The summed E-state index contributed by atoms with van der Waals surface area (Å²) in [7, 11) is 0. The Kier molecular flexibility index (Phi) is 5.42. The lowest BCUT2D eigenvalue weighted by Gasteiger charge is -2.33. The molecule has 1 aromatic heterocycles. The number of rotatable bonds is 3. The largest absolute Gasteiger partial charge is 0.361 e. The first kappa shape index (κ1) is 17.1. The fraction of sp³-hybridized carbons (Fsp3) is 0.810. The van der Waals surface area contributed by atoms with E-state index < -0.39 is 0 Å². The zero-order valence-electron chi connectivity index (χ0n) is 15.5. The highest BCUT2D eigenvalue weighted by Crippen LogP contribution is 2.35. The summed E-state index contributed by atoms with van der Waals surface area (Å²) in [4.78, 5) is 14.7. The van der Waals surface area contributed by atoms with Crippen LogP contribution < -0.4 is 0 Å². The third kappa shape index (κ3) is 3.93. The van der Waals surface area contributed by atoms with E-state index in [1.807, 2.05) is 0 Å². The molecule has 2 aliphatic carbocycles. The van der Waals surface area contributed by atoms with E-state index >= 15 is 0 Å². The average Bonchev–Trinajstić information content (AvgIpc) is 2.91. The van der Waals surface area contributed by atoms with Crippen LogP contribution in [0.2, 0.25) is 0 Å². The lowest BCUT2D eigenvalue weighted by Crippen LogP contribution is -2.38. The SMILES string of the molecule is O=C(CC1CCCCC1)N1CCC(c2onc3c2CCCCC3)CC1. The Bertz CT molecular complexity index is 581. The van der Waals surface area contributed by atoms with Crippen LogP contribution in [-0.4, -0.2) is 29.1 Å². The van der Waals surface area contributed by atoms with Gasteiger partial charge in [0.1, 0.15) is 5.76 Å². The molecule has 25 heavy (non-hydrogen) atoms. The summed E-state index contributed by atoms with van der Waals surface area (Å²) in [6, 6.07) is 0. The van der Waals surface area contributed by atoms with Gasteiger partial charge in [0.2, 0.25) is 5.91 Å². The molecule has 1 saturated carbocycles. The van der Waals surface area contributed by atoms with Crippen molar-refractivity contribution in [2.75, 3.05) is 13.1 Å². The first-order valence-corrected chi connectivity index (χ1v) is 10.6. The molecule has 0 bridgehead atoms. The smallest absolute Gasteiger partial charge is 0.222 e. The quantitative estimate of drug-likeness (QED) is 0.752. The van der Waals surface area contributed by atoms with Crippen LogP contribution in [0, 0.1) is 5.92 Å². The van der Waals surface area contributed by atoms with Crippen LogP contribution in [0.1, 0.15) is 93.6 Å². The molecule has 0 aromatic carbocycles. The molecule has 1 amide bonds. The third-order valence-electron chi connectivity index (χ3n) is 6.65. The molecule has 0 atom stereocenters. The van der Waals surface area contributed by atoms with Gasteiger partial charge in [0.05, 0.1) is 5.69 Å². The highest BCUT2D eigenvalue weighted by Gasteiger charge is 2.30. The van der Waals surface area contributed by atoms with E-state index in [9.17, 15) is 4.79 Å². The second-order valence-electron chi connectivity index (χ2n) is 8.40. The summed E-state index contributed by atoms with van der Waals surface area (Å²) < 4.78 is 5.78. The molecule has 4 nitrogen and oxygen atoms in total. The number of hydrogen-bond acceptors (Lipinski definition) is 3. The summed E-state index contributed by atoms with van der Waals surface area (Å²) in [6.45, 7) is 1.79. The second kappa shape index (κ2) is 7.92. The van der Waals surface area contributed by atoms with Gasteiger partial charge >= 0.3 is 0 Å². The number of hydrogen-bond donors (Lipinski definition) is 0. The minimum absolute atomic E-state index is 0.391. The van der Waals surface area contributed by atoms with Gasteiger partial charge in [0.25, 0.3) is 0 Å². The van der Waals surface area contributed by atoms with E-state index in [4.69, 9.17) is 4.52 Å². The van der Waals surface area contributed by atoms with Crippen LogP contribution in [-0.2, 0) is 17.6 Å². The number of nitrogens with zero attached hydrogens (tertiary/aromatic N) is 2. The molecule has 0 unspecified atom stereocenters. The number of aromatic nitrogens is 1. The number of aryl methyl sites for hydroxylation is 1. The summed E-state index contributed by atoms with van der Waals surface area (Å²) >= 11 is 0. The normalized spacial score (nSPS) is 23.3. The Morgan fingerprint density at radius 1 is 0.960 bits per heavy atom. The highest BCUT2D eigenvalue weighted by molar-refractivity contribution is 5.76. The predicted octanol–water partition coefficient (Wildman–Crippen LogP) is 4.62. The second-order valence-corrected chi connectivity index (χ2v) is 8.40. The molecule has 4 rings (SSSR count). The molecule has 4 heteroatoms. The Hall–Kier alpha value is -1.32. The molecule has 1 saturated heterocycles. The molecular weight excluding hydrogens is 312 g/mol. The van der Waals surface area contributed by atoms with Crippen molar-refractivity contribution in [1.29, 1.82) is 0 Å². The van der Waals surface area contributed by atoms with Crippen molar-refractivity contribution in [2.45, 2.75) is 89.4 Å². The van der Waals surface area contributed by atoms with Gasteiger partial charge in [-0.3, -0.25) is 4.79 Å². The van der Waals surface area contributed by atoms with Crippen molar-refractivity contribution in [3.8, 4) is 0 Å². The van der Waals surface area contributed by atoms with Crippen LogP contribution >= 0.6 is 0 Å². The molecular formula is C21H32N2O2. The predicted molar refractivity (Wildman–Crippen MR) is 97.5 cm³/mol. The van der Waals surface area contributed by atoms with Crippen LogP contribution in [0.3, 0.4) is 0 Å². The van der Waals surface area contributed by atoms with Crippen molar-refractivity contribution in [1.82, 2.24) is 10.1 Å². The number of likely N-dealkylation sites (tertiary alicyclic amines) is 1. The van der Waals surface area contributed by atoms with Crippen LogP contribution in [0.25, 0.3) is 0 Å². The van der Waals surface area contributed by atoms with Crippen molar-refractivity contribution in [3.05, 3.63) is 17.0 Å². The van der Waals surface area contributed by atoms with Crippen molar-refractivity contribution >= 4 is 5.91 Å². The van der Waals surface area contributed by atoms with Gasteiger partial charge in [0, 0.05) is 31.0 Å². The minimum Gasteiger partial charge on any atom is -0.361 e. The molecule has 0 radical (unpaired) electrons. The van der Waals surface area contributed by atoms with E-state index in [1.54, 1.807) is 0 Å². The first-order valence-electron chi connectivity index (χ1n) is 10.6. The van der Waals surface area contributed by atoms with E-state index in [1.165, 1.54) is 62.6 Å². The van der Waals surface area contributed by atoms with E-state index in [-0.39, 0.29) is 0 Å². The van der Waals surface area contributed by atoms with Crippen LogP contribution in [0.15, 0.2) is 4.52 Å². The fourth-order valence-electron chi connectivity index (χ4n) is 5.07. The molecule has 1 aliphatic heterocycles. The maximum Gasteiger partial charge on any atom is 0.222 e. The van der Waals surface area contributed by atoms with Crippen LogP contribution in [0.4, 0.5) is 0 Å². The van der Waals surface area contributed by atoms with E-state index in [2.05, 4.69) is 10.1 Å². The topological polar surface area (TPSA) is 46.3 Å². The average molecular weight is 344 g/mol. The number of carbonyl (C=O) groups excluding carboxylic acids is 1. The Morgan fingerprint density at radius 2 is 1.68 bits per heavy atom. The number of amides is 1. The van der Waals surface area contributed by atoms with Crippen LogP contribution in [0.5, 0.6) is 0 Å². The Balaban J connectivity index is 1.32. The van der Waals surface area contributed by atoms with Crippen molar-refractivity contribution in [3.63, 3.8) is 0 Å². The summed E-state index contributed by atoms with van der Waals surface area (Å²) in [5, 5.41) is 4.37. The minimum atomic E-state index is 0.391. The van der Waals surface area contributed by atoms with Gasteiger partial charge in [-0.25, -0.2) is 0 Å². The van der Waals surface area contributed by atoms with Gasteiger partial charge < -0.3 is 9.42 Å². The fourth-order valence-corrected chi connectivity index (χ4v) is 5.07. The molecule has 0 spiro atoms. The number of carbonyl (C=O) groups is 1.